The zero-order chi connectivity index (χ0) is 14.5. The Morgan fingerprint density at radius 3 is 2.76 bits per heavy atom. The molecule has 0 spiro atoms. The van der Waals surface area contributed by atoms with Gasteiger partial charge in [-0.25, -0.2) is 0 Å². The van der Waals surface area contributed by atoms with Crippen molar-refractivity contribution in [3.8, 4) is 5.75 Å². The minimum absolute atomic E-state index is 0.0193. The Hall–Kier alpha value is -1.33. The van der Waals surface area contributed by atoms with Gasteiger partial charge < -0.3 is 14.6 Å². The van der Waals surface area contributed by atoms with E-state index < -0.39 is 0 Å². The molecule has 21 heavy (non-hydrogen) atoms. The number of pyridine rings is 1. The molecule has 3 rings (SSSR count). The van der Waals surface area contributed by atoms with E-state index in [-0.39, 0.29) is 5.56 Å². The number of aromatic nitrogens is 1. The summed E-state index contributed by atoms with van der Waals surface area (Å²) in [7, 11) is 0. The van der Waals surface area contributed by atoms with Gasteiger partial charge in [0.1, 0.15) is 6.61 Å². The van der Waals surface area contributed by atoms with Crippen LogP contribution in [0.25, 0.3) is 0 Å². The predicted octanol–water partition coefficient (Wildman–Crippen LogP) is 1.25. The molecular formula is C16H25N3O2. The normalized spacial score (nSPS) is 20.8. The number of ether oxygens (including phenoxy) is 1. The van der Waals surface area contributed by atoms with E-state index >= 15 is 0 Å². The first-order valence-electron chi connectivity index (χ1n) is 8.11. The van der Waals surface area contributed by atoms with Gasteiger partial charge in [-0.1, -0.05) is 0 Å². The average Bonchev–Trinajstić information content (AvgIpc) is 3.03. The van der Waals surface area contributed by atoms with Crippen LogP contribution in [-0.4, -0.2) is 48.8 Å². The van der Waals surface area contributed by atoms with E-state index in [1.54, 1.807) is 6.07 Å². The Morgan fingerprint density at radius 2 is 2.00 bits per heavy atom. The SMILES string of the molecule is O=c1c(OCCN2CCCC2)cccn1C1CCNCC1. The summed E-state index contributed by atoms with van der Waals surface area (Å²) in [6, 6.07) is 4.03. The average molecular weight is 291 g/mol. The lowest BCUT2D eigenvalue weighted by molar-refractivity contribution is 0.233. The fraction of sp³-hybridized carbons (Fsp3) is 0.688. The van der Waals surface area contributed by atoms with Crippen molar-refractivity contribution in [1.82, 2.24) is 14.8 Å². The van der Waals surface area contributed by atoms with Crippen LogP contribution < -0.4 is 15.6 Å². The van der Waals surface area contributed by atoms with Crippen LogP contribution in [0.5, 0.6) is 5.75 Å². The monoisotopic (exact) mass is 291 g/mol. The number of piperidine rings is 1. The van der Waals surface area contributed by atoms with Crippen LogP contribution in [0.3, 0.4) is 0 Å². The fourth-order valence-corrected chi connectivity index (χ4v) is 3.26. The molecule has 1 N–H and O–H groups in total. The van der Waals surface area contributed by atoms with Crippen molar-refractivity contribution in [3.05, 3.63) is 28.7 Å². The van der Waals surface area contributed by atoms with Crippen molar-refractivity contribution in [3.63, 3.8) is 0 Å². The van der Waals surface area contributed by atoms with Gasteiger partial charge in [-0.2, -0.15) is 0 Å². The van der Waals surface area contributed by atoms with Gasteiger partial charge >= 0.3 is 0 Å². The molecule has 0 saturated carbocycles. The van der Waals surface area contributed by atoms with Gasteiger partial charge in [-0.3, -0.25) is 9.69 Å². The van der Waals surface area contributed by atoms with Crippen molar-refractivity contribution in [2.45, 2.75) is 31.7 Å². The number of nitrogens with zero attached hydrogens (tertiary/aromatic N) is 2. The largest absolute Gasteiger partial charge is 0.487 e. The van der Waals surface area contributed by atoms with Gasteiger partial charge in [-0.05, 0) is 64.0 Å². The maximum Gasteiger partial charge on any atom is 0.293 e. The van der Waals surface area contributed by atoms with E-state index in [4.69, 9.17) is 4.74 Å². The maximum atomic E-state index is 12.5. The quantitative estimate of drug-likeness (QED) is 0.887. The molecule has 2 fully saturated rings. The summed E-state index contributed by atoms with van der Waals surface area (Å²) >= 11 is 0. The predicted molar refractivity (Wildman–Crippen MR) is 83.0 cm³/mol. The third-order valence-electron chi connectivity index (χ3n) is 4.51. The maximum absolute atomic E-state index is 12.5. The molecule has 0 amide bonds. The third-order valence-corrected chi connectivity index (χ3v) is 4.51. The highest BCUT2D eigenvalue weighted by atomic mass is 16.5. The molecular weight excluding hydrogens is 266 g/mol. The summed E-state index contributed by atoms with van der Waals surface area (Å²) in [6.07, 6.45) is 6.49. The number of hydrogen-bond acceptors (Lipinski definition) is 4. The number of nitrogens with one attached hydrogen (secondary N) is 1. The first kappa shape index (κ1) is 14.6. The zero-order valence-corrected chi connectivity index (χ0v) is 12.6. The van der Waals surface area contributed by atoms with Gasteiger partial charge in [0.15, 0.2) is 5.75 Å². The fourth-order valence-electron chi connectivity index (χ4n) is 3.26. The van der Waals surface area contributed by atoms with Gasteiger partial charge in [0.2, 0.25) is 0 Å². The molecule has 0 atom stereocenters. The van der Waals surface area contributed by atoms with Crippen molar-refractivity contribution >= 4 is 0 Å². The molecule has 2 aliphatic rings. The Balaban J connectivity index is 1.60. The Labute approximate surface area is 125 Å². The van der Waals surface area contributed by atoms with Crippen LogP contribution in [-0.2, 0) is 0 Å². The van der Waals surface area contributed by atoms with E-state index in [0.717, 1.165) is 45.6 Å². The number of rotatable bonds is 5. The Morgan fingerprint density at radius 1 is 1.24 bits per heavy atom. The van der Waals surface area contributed by atoms with Crippen molar-refractivity contribution in [1.29, 1.82) is 0 Å². The molecule has 2 aliphatic heterocycles. The van der Waals surface area contributed by atoms with E-state index in [1.807, 2.05) is 16.8 Å². The lowest BCUT2D eigenvalue weighted by Gasteiger charge is -2.25. The molecule has 2 saturated heterocycles. The van der Waals surface area contributed by atoms with Crippen LogP contribution >= 0.6 is 0 Å². The second-order valence-corrected chi connectivity index (χ2v) is 5.96. The summed E-state index contributed by atoms with van der Waals surface area (Å²) in [4.78, 5) is 14.9. The van der Waals surface area contributed by atoms with Crippen molar-refractivity contribution in [2.75, 3.05) is 39.3 Å². The number of hydrogen-bond donors (Lipinski definition) is 1. The van der Waals surface area contributed by atoms with Crippen LogP contribution in [0.15, 0.2) is 23.1 Å². The summed E-state index contributed by atoms with van der Waals surface area (Å²) in [5.74, 6) is 0.496. The van der Waals surface area contributed by atoms with Gasteiger partial charge in [0.25, 0.3) is 5.56 Å². The summed E-state index contributed by atoms with van der Waals surface area (Å²) in [5, 5.41) is 3.33. The minimum atomic E-state index is 0.0193. The molecule has 0 bridgehead atoms. The molecule has 0 radical (unpaired) electrons. The second kappa shape index (κ2) is 7.09. The lowest BCUT2D eigenvalue weighted by Crippen LogP contribution is -2.34. The van der Waals surface area contributed by atoms with Crippen LogP contribution in [0.2, 0.25) is 0 Å². The Kier molecular flexibility index (Phi) is 4.93. The van der Waals surface area contributed by atoms with Crippen LogP contribution in [0, 0.1) is 0 Å². The summed E-state index contributed by atoms with van der Waals surface area (Å²) in [6.45, 7) is 5.82. The standard InChI is InChI=1S/C16H25N3O2/c20-16-15(21-13-12-18-9-1-2-10-18)4-3-11-19(16)14-5-7-17-8-6-14/h3-4,11,14,17H,1-2,5-10,12-13H2. The van der Waals surface area contributed by atoms with Gasteiger partial charge in [0.05, 0.1) is 0 Å². The highest BCUT2D eigenvalue weighted by molar-refractivity contribution is 5.18. The van der Waals surface area contributed by atoms with E-state index in [1.165, 1.54) is 12.8 Å². The van der Waals surface area contributed by atoms with Crippen molar-refractivity contribution < 1.29 is 4.74 Å². The van der Waals surface area contributed by atoms with Crippen LogP contribution in [0.4, 0.5) is 0 Å². The van der Waals surface area contributed by atoms with Crippen molar-refractivity contribution in [2.24, 2.45) is 0 Å². The first-order valence-corrected chi connectivity index (χ1v) is 8.11. The Bertz CT molecular complexity index is 502. The van der Waals surface area contributed by atoms with Gasteiger partial charge in [0, 0.05) is 18.8 Å². The molecule has 5 heteroatoms. The van der Waals surface area contributed by atoms with E-state index in [0.29, 0.717) is 18.4 Å². The highest BCUT2D eigenvalue weighted by Crippen LogP contribution is 2.17. The van der Waals surface area contributed by atoms with Crippen LogP contribution in [0.1, 0.15) is 31.7 Å². The molecule has 1 aromatic heterocycles. The highest BCUT2D eigenvalue weighted by Gasteiger charge is 2.17. The molecule has 3 heterocycles. The molecule has 0 aromatic carbocycles. The molecule has 5 nitrogen and oxygen atoms in total. The number of likely N-dealkylation sites (tertiary alicyclic amines) is 1. The molecule has 1 aromatic rings. The lowest BCUT2D eigenvalue weighted by atomic mass is 10.1. The molecule has 0 unspecified atom stereocenters. The van der Waals surface area contributed by atoms with Gasteiger partial charge in [-0.15, -0.1) is 0 Å². The topological polar surface area (TPSA) is 46.5 Å². The molecule has 0 aliphatic carbocycles. The first-order chi connectivity index (χ1) is 10.3. The summed E-state index contributed by atoms with van der Waals surface area (Å²) < 4.78 is 7.59. The smallest absolute Gasteiger partial charge is 0.293 e. The van der Waals surface area contributed by atoms with E-state index in [9.17, 15) is 4.79 Å². The van der Waals surface area contributed by atoms with E-state index in [2.05, 4.69) is 10.2 Å². The second-order valence-electron chi connectivity index (χ2n) is 5.96. The summed E-state index contributed by atoms with van der Waals surface area (Å²) in [5.41, 5.74) is 0.0193. The third kappa shape index (κ3) is 3.66. The minimum Gasteiger partial charge on any atom is -0.487 e. The molecule has 116 valence electrons. The zero-order valence-electron chi connectivity index (χ0n) is 12.6.